The van der Waals surface area contributed by atoms with Crippen LogP contribution in [-0.4, -0.2) is 111 Å². The van der Waals surface area contributed by atoms with Crippen LogP contribution in [0, 0.1) is 0 Å². The van der Waals surface area contributed by atoms with Gasteiger partial charge in [-0.3, -0.25) is 19.2 Å². The topological polar surface area (TPSA) is 170 Å². The number of carbonyl (C=O) groups is 4. The van der Waals surface area contributed by atoms with Crippen LogP contribution in [0.3, 0.4) is 0 Å². The number of hydrogen-bond acceptors (Lipinski definition) is 15. The van der Waals surface area contributed by atoms with Crippen LogP contribution in [0.25, 0.3) is 0 Å². The molecule has 15 nitrogen and oxygen atoms in total. The first-order chi connectivity index (χ1) is 19.5. The highest BCUT2D eigenvalue weighted by Gasteiger charge is 2.58. The molecule has 0 N–H and O–H groups in total. The van der Waals surface area contributed by atoms with E-state index in [-0.39, 0.29) is 13.2 Å². The molecule has 12 atom stereocenters. The molecule has 0 aromatic carbocycles. The summed E-state index contributed by atoms with van der Waals surface area (Å²) in [6.07, 6.45) is -10.5. The Morgan fingerprint density at radius 1 is 0.585 bits per heavy atom. The molecule has 0 aromatic rings. The third kappa shape index (κ3) is 7.30. The molecule has 4 fully saturated rings. The molecule has 4 aliphatic heterocycles. The summed E-state index contributed by atoms with van der Waals surface area (Å²) in [7, 11) is 0. The fraction of sp³-hybridized carbons (Fsp3) is 0.692. The lowest BCUT2D eigenvalue weighted by Crippen LogP contribution is -2.68. The molecule has 4 heterocycles. The minimum Gasteiger partial charge on any atom is -0.455 e. The molecule has 0 aromatic heterocycles. The Bertz CT molecular complexity index is 937. The van der Waals surface area contributed by atoms with Crippen LogP contribution in [0.4, 0.5) is 0 Å². The Labute approximate surface area is 235 Å². The van der Waals surface area contributed by atoms with Crippen molar-refractivity contribution in [3.05, 3.63) is 25.3 Å². The maximum atomic E-state index is 12.1. The van der Waals surface area contributed by atoms with Crippen molar-refractivity contribution in [2.45, 2.75) is 102 Å². The van der Waals surface area contributed by atoms with Gasteiger partial charge >= 0.3 is 23.9 Å². The lowest BCUT2D eigenvalue weighted by molar-refractivity contribution is -0.406. The zero-order chi connectivity index (χ0) is 29.8. The van der Waals surface area contributed by atoms with E-state index < -0.39 is 97.9 Å². The average Bonchev–Trinajstić information content (AvgIpc) is 2.90. The lowest BCUT2D eigenvalue weighted by Gasteiger charge is -2.50. The van der Waals surface area contributed by atoms with E-state index in [2.05, 4.69) is 13.2 Å². The molecule has 2 unspecified atom stereocenters. The van der Waals surface area contributed by atoms with Crippen molar-refractivity contribution >= 4 is 23.9 Å². The summed E-state index contributed by atoms with van der Waals surface area (Å²) < 4.78 is 63.1. The first kappa shape index (κ1) is 31.0. The molecule has 228 valence electrons. The van der Waals surface area contributed by atoms with Crippen LogP contribution in [0.2, 0.25) is 0 Å². The van der Waals surface area contributed by atoms with E-state index in [1.165, 1.54) is 26.0 Å². The second-order valence-electron chi connectivity index (χ2n) is 9.59. The molecule has 41 heavy (non-hydrogen) atoms. The molecule has 15 heteroatoms. The lowest BCUT2D eigenvalue weighted by atomic mass is 9.96. The predicted molar refractivity (Wildman–Crippen MR) is 130 cm³/mol. The Hall–Kier alpha value is -2.92. The molecule has 4 aliphatic rings. The van der Waals surface area contributed by atoms with Gasteiger partial charge in [0.1, 0.15) is 24.4 Å². The number of ether oxygens (including phenoxy) is 11. The number of carbonyl (C=O) groups excluding carboxylic acids is 4. The molecule has 0 radical (unpaired) electrons. The first-order valence-corrected chi connectivity index (χ1v) is 12.9. The molecule has 0 spiro atoms. The van der Waals surface area contributed by atoms with Gasteiger partial charge in [0.05, 0.1) is 13.2 Å². The summed E-state index contributed by atoms with van der Waals surface area (Å²) in [4.78, 5) is 48.4. The van der Waals surface area contributed by atoms with Crippen LogP contribution in [0.1, 0.15) is 27.7 Å². The second kappa shape index (κ2) is 13.4. The minimum atomic E-state index is -1.46. The number of rotatable bonds is 8. The fourth-order valence-electron chi connectivity index (χ4n) is 5.01. The van der Waals surface area contributed by atoms with Crippen LogP contribution >= 0.6 is 0 Å². The van der Waals surface area contributed by atoms with E-state index in [0.717, 1.165) is 13.8 Å². The van der Waals surface area contributed by atoms with E-state index >= 15 is 0 Å². The summed E-state index contributed by atoms with van der Waals surface area (Å²) in [6.45, 7) is 11.9. The zero-order valence-corrected chi connectivity index (χ0v) is 23.0. The SMILES string of the molecule is C=CC1OC[C@H]2O[C@H](O[C@H]3O[C@@H]4COC(C=C)O[C@H]4[C@H](OC(C)=O)[C@H]3OC(C)=O)[C@H](OC(C)=O)[C@@H](OC(C)=O)[C@@H]2O1. The number of hydrogen-bond donors (Lipinski definition) is 0. The van der Waals surface area contributed by atoms with Gasteiger partial charge in [-0.2, -0.15) is 0 Å². The zero-order valence-electron chi connectivity index (χ0n) is 23.0. The Morgan fingerprint density at radius 2 is 0.927 bits per heavy atom. The highest BCUT2D eigenvalue weighted by molar-refractivity contribution is 5.68. The fourth-order valence-corrected chi connectivity index (χ4v) is 5.01. The van der Waals surface area contributed by atoms with Crippen molar-refractivity contribution in [1.82, 2.24) is 0 Å². The van der Waals surface area contributed by atoms with E-state index in [9.17, 15) is 19.2 Å². The molecule has 4 rings (SSSR count). The van der Waals surface area contributed by atoms with Gasteiger partial charge in [-0.1, -0.05) is 13.2 Å². The molecular formula is C26H34O15. The molecule has 0 saturated carbocycles. The van der Waals surface area contributed by atoms with E-state index in [4.69, 9.17) is 52.1 Å². The maximum absolute atomic E-state index is 12.1. The molecule has 0 aliphatic carbocycles. The van der Waals surface area contributed by atoms with Crippen molar-refractivity contribution in [3.8, 4) is 0 Å². The van der Waals surface area contributed by atoms with Gasteiger partial charge in [-0.05, 0) is 12.2 Å². The van der Waals surface area contributed by atoms with E-state index in [1.807, 2.05) is 0 Å². The molecule has 0 amide bonds. The third-order valence-electron chi connectivity index (χ3n) is 6.48. The smallest absolute Gasteiger partial charge is 0.303 e. The van der Waals surface area contributed by atoms with Crippen LogP contribution in [0.15, 0.2) is 25.3 Å². The van der Waals surface area contributed by atoms with Gasteiger partial charge in [0, 0.05) is 27.7 Å². The summed E-state index contributed by atoms with van der Waals surface area (Å²) in [5, 5.41) is 0. The highest BCUT2D eigenvalue weighted by Crippen LogP contribution is 2.37. The van der Waals surface area contributed by atoms with Crippen LogP contribution < -0.4 is 0 Å². The van der Waals surface area contributed by atoms with Crippen molar-refractivity contribution in [3.63, 3.8) is 0 Å². The largest absolute Gasteiger partial charge is 0.455 e. The Balaban J connectivity index is 1.67. The van der Waals surface area contributed by atoms with Gasteiger partial charge in [0.25, 0.3) is 0 Å². The normalized spacial score (nSPS) is 40.1. The van der Waals surface area contributed by atoms with Crippen LogP contribution in [-0.2, 0) is 71.3 Å². The summed E-state index contributed by atoms with van der Waals surface area (Å²) in [5.41, 5.74) is 0. The maximum Gasteiger partial charge on any atom is 0.303 e. The first-order valence-electron chi connectivity index (χ1n) is 12.9. The summed E-state index contributed by atoms with van der Waals surface area (Å²) in [6, 6.07) is 0. The second-order valence-corrected chi connectivity index (χ2v) is 9.59. The van der Waals surface area contributed by atoms with Crippen LogP contribution in [0.5, 0.6) is 0 Å². The number of esters is 4. The van der Waals surface area contributed by atoms with Gasteiger partial charge in [0.15, 0.2) is 37.0 Å². The van der Waals surface area contributed by atoms with Crippen molar-refractivity contribution in [2.75, 3.05) is 13.2 Å². The quantitative estimate of drug-likeness (QED) is 0.212. The van der Waals surface area contributed by atoms with Gasteiger partial charge in [0.2, 0.25) is 12.6 Å². The van der Waals surface area contributed by atoms with E-state index in [1.54, 1.807) is 0 Å². The van der Waals surface area contributed by atoms with Crippen molar-refractivity contribution < 1.29 is 71.3 Å². The van der Waals surface area contributed by atoms with Gasteiger partial charge in [-0.25, -0.2) is 0 Å². The third-order valence-corrected chi connectivity index (χ3v) is 6.48. The Kier molecular flexibility index (Phi) is 10.1. The summed E-state index contributed by atoms with van der Waals surface area (Å²) in [5.74, 6) is -2.85. The van der Waals surface area contributed by atoms with Gasteiger partial charge < -0.3 is 52.1 Å². The summed E-state index contributed by atoms with van der Waals surface area (Å²) >= 11 is 0. The van der Waals surface area contributed by atoms with Crippen molar-refractivity contribution in [1.29, 1.82) is 0 Å². The predicted octanol–water partition coefficient (Wildman–Crippen LogP) is 0.0346. The molecule has 4 saturated heterocycles. The monoisotopic (exact) mass is 586 g/mol. The molecular weight excluding hydrogens is 552 g/mol. The number of fused-ring (bicyclic) bond motifs is 2. The molecule has 0 bridgehead atoms. The standard InChI is InChI=1S/C26H34O15/c1-7-17-31-9-15-19(39-17)21(33-11(3)27)23(35-13(5)29)25(37-15)41-26-24(36-14(6)30)22(34-12(4)28)20-16(38-26)10-32-18(8-2)40-20/h7-8,15-26H,1-2,9-10H2,3-6H3/t15-,16-,17?,18?,19-,20-,21+,22+,23-,24-,25-,26-/m1/s1. The van der Waals surface area contributed by atoms with Gasteiger partial charge in [-0.15, -0.1) is 0 Å². The minimum absolute atomic E-state index is 0.0178. The van der Waals surface area contributed by atoms with E-state index in [0.29, 0.717) is 0 Å². The Morgan fingerprint density at radius 3 is 1.24 bits per heavy atom. The average molecular weight is 587 g/mol. The highest BCUT2D eigenvalue weighted by atomic mass is 16.8. The van der Waals surface area contributed by atoms with Crippen molar-refractivity contribution in [2.24, 2.45) is 0 Å².